The molecule has 1 N–H and O–H groups in total. The monoisotopic (exact) mass is 290 g/mol. The Bertz CT molecular complexity index is 186. The van der Waals surface area contributed by atoms with Crippen molar-refractivity contribution < 1.29 is 47.0 Å². The summed E-state index contributed by atoms with van der Waals surface area (Å²) in [5, 5.41) is 6.76. The SMILES string of the molecule is CC.CC.Cc1n[c-]oc1C.O=[C-]O.[Y]. The van der Waals surface area contributed by atoms with E-state index in [0.717, 1.165) is 11.5 Å². The summed E-state index contributed by atoms with van der Waals surface area (Å²) in [6, 6.07) is 0. The minimum Gasteiger partial charge on any atom is -0.665 e. The van der Waals surface area contributed by atoms with Gasteiger partial charge in [0, 0.05) is 32.7 Å². The first kappa shape index (κ1) is 24.2. The largest absolute Gasteiger partial charge is 0.665 e. The molecule has 1 heterocycles. The van der Waals surface area contributed by atoms with E-state index in [-0.39, 0.29) is 32.7 Å². The Morgan fingerprint density at radius 2 is 1.60 bits per heavy atom. The Kier molecular flexibility index (Phi) is 37.9. The van der Waals surface area contributed by atoms with E-state index in [4.69, 9.17) is 14.3 Å². The number of hydrogen-bond donors (Lipinski definition) is 1. The average molecular weight is 290 g/mol. The zero-order valence-corrected chi connectivity index (χ0v) is 13.1. The van der Waals surface area contributed by atoms with Crippen molar-refractivity contribution in [2.45, 2.75) is 41.5 Å². The molecule has 1 rings (SSSR count). The molecule has 0 fully saturated rings. The van der Waals surface area contributed by atoms with Gasteiger partial charge in [-0.25, -0.2) is 0 Å². The molecule has 0 aliphatic carbocycles. The van der Waals surface area contributed by atoms with Crippen LogP contribution in [0.1, 0.15) is 39.1 Å². The van der Waals surface area contributed by atoms with Crippen LogP contribution in [0.5, 0.6) is 0 Å². The molecule has 1 aromatic rings. The van der Waals surface area contributed by atoms with Gasteiger partial charge in [0.1, 0.15) is 6.39 Å². The van der Waals surface area contributed by atoms with Crippen molar-refractivity contribution in [1.82, 2.24) is 4.98 Å². The molecule has 0 aliphatic rings. The maximum atomic E-state index is 8.24. The maximum absolute atomic E-state index is 8.24. The molecule has 15 heavy (non-hydrogen) atoms. The third kappa shape index (κ3) is 20.0. The fraction of sp³-hybridized carbons (Fsp3) is 0.600. The Morgan fingerprint density at radius 1 is 1.27 bits per heavy atom. The maximum Gasteiger partial charge on any atom is 0.102 e. The van der Waals surface area contributed by atoms with Crippen molar-refractivity contribution in [3.63, 3.8) is 0 Å². The van der Waals surface area contributed by atoms with Crippen molar-refractivity contribution >= 4 is 6.47 Å². The standard InChI is InChI=1S/C5H6NO.2C2H6.CHO2.Y/c1-4-5(2)7-3-6-4;2*1-2;2-1-3;/h1-2H3;2*1-2H3;(H,2,3);/q-1;;;-1;. The average Bonchev–Trinajstić information content (AvgIpc) is 2.59. The van der Waals surface area contributed by atoms with Crippen LogP contribution in [0, 0.1) is 20.2 Å². The van der Waals surface area contributed by atoms with Gasteiger partial charge in [-0.1, -0.05) is 53.7 Å². The van der Waals surface area contributed by atoms with Gasteiger partial charge in [0.15, 0.2) is 0 Å². The number of rotatable bonds is 0. The van der Waals surface area contributed by atoms with E-state index in [1.54, 1.807) is 0 Å². The normalized spacial score (nSPS) is 6.00. The fourth-order valence-electron chi connectivity index (χ4n) is 0.312. The van der Waals surface area contributed by atoms with Crippen molar-refractivity contribution in [2.24, 2.45) is 0 Å². The molecule has 0 atom stereocenters. The molecule has 1 aromatic heterocycles. The van der Waals surface area contributed by atoms with Crippen LogP contribution in [-0.2, 0) is 37.5 Å². The molecular weight excluding hydrogens is 271 g/mol. The second kappa shape index (κ2) is 23.5. The van der Waals surface area contributed by atoms with Gasteiger partial charge < -0.3 is 19.3 Å². The first-order chi connectivity index (χ1) is 6.72. The van der Waals surface area contributed by atoms with Crippen LogP contribution in [0.15, 0.2) is 4.42 Å². The van der Waals surface area contributed by atoms with E-state index in [1.807, 2.05) is 41.5 Å². The second-order valence-corrected chi connectivity index (χ2v) is 1.54. The van der Waals surface area contributed by atoms with Crippen LogP contribution in [-0.4, -0.2) is 16.6 Å². The molecule has 0 spiro atoms. The van der Waals surface area contributed by atoms with Crippen LogP contribution < -0.4 is 0 Å². The van der Waals surface area contributed by atoms with Crippen LogP contribution in [0.2, 0.25) is 0 Å². The number of aryl methyl sites for hydroxylation is 2. The fourth-order valence-corrected chi connectivity index (χ4v) is 0.312. The summed E-state index contributed by atoms with van der Waals surface area (Å²) in [5.74, 6) is 0.847. The van der Waals surface area contributed by atoms with Crippen LogP contribution >= 0.6 is 0 Å². The number of nitrogens with zero attached hydrogens (tertiary/aromatic N) is 1. The Hall–Kier alpha value is -0.216. The summed E-state index contributed by atoms with van der Waals surface area (Å²) >= 11 is 0. The third-order valence-corrected chi connectivity index (χ3v) is 0.922. The summed E-state index contributed by atoms with van der Waals surface area (Å²) in [7, 11) is 0. The first-order valence-corrected chi connectivity index (χ1v) is 4.53. The molecule has 0 aliphatic heterocycles. The van der Waals surface area contributed by atoms with Crippen LogP contribution in [0.4, 0.5) is 0 Å². The second-order valence-electron chi connectivity index (χ2n) is 1.54. The van der Waals surface area contributed by atoms with E-state index in [0.29, 0.717) is 6.47 Å². The smallest absolute Gasteiger partial charge is 0.102 e. The van der Waals surface area contributed by atoms with Gasteiger partial charge in [-0.2, -0.15) is 0 Å². The third-order valence-electron chi connectivity index (χ3n) is 0.922. The van der Waals surface area contributed by atoms with Gasteiger partial charge in [0.05, 0.1) is 0 Å². The molecule has 87 valence electrons. The first-order valence-electron chi connectivity index (χ1n) is 4.53. The number of oxazole rings is 1. The predicted molar refractivity (Wildman–Crippen MR) is 55.8 cm³/mol. The van der Waals surface area contributed by atoms with Gasteiger partial charge in [0.2, 0.25) is 0 Å². The quantitative estimate of drug-likeness (QED) is 0.746. The van der Waals surface area contributed by atoms with Gasteiger partial charge in [-0.3, -0.25) is 0 Å². The van der Waals surface area contributed by atoms with E-state index in [1.165, 1.54) is 0 Å². The molecule has 0 unspecified atom stereocenters. The molecule has 5 heteroatoms. The van der Waals surface area contributed by atoms with E-state index < -0.39 is 0 Å². The molecule has 0 aromatic carbocycles. The van der Waals surface area contributed by atoms with Crippen molar-refractivity contribution in [2.75, 3.05) is 0 Å². The Balaban J connectivity index is -0.0000000658. The van der Waals surface area contributed by atoms with E-state index >= 15 is 0 Å². The predicted octanol–water partition coefficient (Wildman–Crippen LogP) is 2.75. The van der Waals surface area contributed by atoms with Gasteiger partial charge in [0.25, 0.3) is 0 Å². The molecule has 0 saturated carbocycles. The number of hydrogen-bond acceptors (Lipinski definition) is 3. The molecular formula is C10H19NO3Y-2. The summed E-state index contributed by atoms with van der Waals surface area (Å²) < 4.78 is 4.73. The van der Waals surface area contributed by atoms with Gasteiger partial charge >= 0.3 is 0 Å². The van der Waals surface area contributed by atoms with Crippen LogP contribution in [0.25, 0.3) is 0 Å². The van der Waals surface area contributed by atoms with Crippen LogP contribution in [0.3, 0.4) is 0 Å². The number of aliphatic hydroxyl groups excluding tert-OH is 1. The molecule has 0 saturated heterocycles. The molecule has 1 radical (unpaired) electrons. The Morgan fingerprint density at radius 3 is 1.67 bits per heavy atom. The van der Waals surface area contributed by atoms with Gasteiger partial charge in [-0.05, 0) is 5.76 Å². The zero-order chi connectivity index (χ0) is 12.0. The Labute approximate surface area is 117 Å². The zero-order valence-electron chi connectivity index (χ0n) is 10.3. The van der Waals surface area contributed by atoms with E-state index in [9.17, 15) is 0 Å². The van der Waals surface area contributed by atoms with Crippen molar-refractivity contribution in [3.05, 3.63) is 17.8 Å². The molecule has 0 amide bonds. The van der Waals surface area contributed by atoms with Crippen molar-refractivity contribution in [1.29, 1.82) is 0 Å². The number of aromatic nitrogens is 1. The van der Waals surface area contributed by atoms with E-state index in [2.05, 4.69) is 11.4 Å². The van der Waals surface area contributed by atoms with Gasteiger partial charge in [-0.15, -0.1) is 0 Å². The topological polar surface area (TPSA) is 63.3 Å². The minimum atomic E-state index is 0. The summed E-state index contributed by atoms with van der Waals surface area (Å²) in [6.07, 6.45) is 2.37. The summed E-state index contributed by atoms with van der Waals surface area (Å²) in [5.41, 5.74) is 0.917. The molecule has 0 bridgehead atoms. The summed E-state index contributed by atoms with van der Waals surface area (Å²) in [6.45, 7) is 12.2. The minimum absolute atomic E-state index is 0. The summed E-state index contributed by atoms with van der Waals surface area (Å²) in [4.78, 5) is 12.0. The van der Waals surface area contributed by atoms with Crippen molar-refractivity contribution in [3.8, 4) is 0 Å². The molecule has 4 nitrogen and oxygen atoms in total.